The molecule has 1 aliphatic rings. The van der Waals surface area contributed by atoms with Crippen molar-refractivity contribution in [2.75, 3.05) is 10.2 Å². The average molecular weight is 553 g/mol. The molecule has 170 valence electrons. The smallest absolute Gasteiger partial charge is 0.269 e. The van der Waals surface area contributed by atoms with Gasteiger partial charge in [0.2, 0.25) is 5.91 Å². The number of nitrogens with one attached hydrogen (secondary N) is 1. The highest BCUT2D eigenvalue weighted by atomic mass is 79.9. The number of nitriles is 1. The Morgan fingerprint density at radius 2 is 1.74 bits per heavy atom. The van der Waals surface area contributed by atoms with Gasteiger partial charge in [-0.05, 0) is 67.4 Å². The molecule has 0 radical (unpaired) electrons. The number of halogens is 2. The fourth-order valence-electron chi connectivity index (χ4n) is 3.48. The molecule has 1 saturated heterocycles. The van der Waals surface area contributed by atoms with E-state index in [2.05, 4.69) is 21.2 Å². The second-order valence-electron chi connectivity index (χ2n) is 7.70. The first kappa shape index (κ1) is 24.1. The summed E-state index contributed by atoms with van der Waals surface area (Å²) in [6, 6.07) is 23.8. The molecule has 4 rings (SSSR count). The monoisotopic (exact) mass is 551 g/mol. The van der Waals surface area contributed by atoms with Gasteiger partial charge in [-0.2, -0.15) is 5.26 Å². The maximum atomic E-state index is 13.5. The summed E-state index contributed by atoms with van der Waals surface area (Å²) in [4.78, 5) is 28.0. The number of carbonyl (C=O) groups is 2. The predicted octanol–water partition coefficient (Wildman–Crippen LogP) is 6.48. The maximum Gasteiger partial charge on any atom is 0.269 e. The molecule has 5 nitrogen and oxygen atoms in total. The highest BCUT2D eigenvalue weighted by Crippen LogP contribution is 2.42. The number of anilines is 2. The van der Waals surface area contributed by atoms with Crippen LogP contribution in [-0.4, -0.2) is 17.1 Å². The van der Waals surface area contributed by atoms with Crippen LogP contribution in [0.15, 0.2) is 87.9 Å². The van der Waals surface area contributed by atoms with Crippen molar-refractivity contribution >= 4 is 62.5 Å². The van der Waals surface area contributed by atoms with Crippen molar-refractivity contribution in [2.24, 2.45) is 0 Å². The van der Waals surface area contributed by atoms with Crippen LogP contribution in [0.1, 0.15) is 11.1 Å². The van der Waals surface area contributed by atoms with E-state index in [-0.39, 0.29) is 11.5 Å². The van der Waals surface area contributed by atoms with Gasteiger partial charge in [-0.1, -0.05) is 69.1 Å². The van der Waals surface area contributed by atoms with Gasteiger partial charge in [-0.15, -0.1) is 0 Å². The van der Waals surface area contributed by atoms with Crippen LogP contribution >= 0.6 is 39.3 Å². The van der Waals surface area contributed by atoms with Crippen molar-refractivity contribution in [3.05, 3.63) is 104 Å². The molecular weight excluding hydrogens is 534 g/mol. The Labute approximate surface area is 215 Å². The van der Waals surface area contributed by atoms with Crippen LogP contribution in [0.2, 0.25) is 5.02 Å². The molecule has 3 aromatic rings. The van der Waals surface area contributed by atoms with E-state index in [1.165, 1.54) is 16.7 Å². The topological polar surface area (TPSA) is 73.2 Å². The lowest BCUT2D eigenvalue weighted by atomic mass is 10.1. The number of hydrogen-bond acceptors (Lipinski definition) is 4. The van der Waals surface area contributed by atoms with Crippen molar-refractivity contribution in [1.82, 2.24) is 0 Å². The maximum absolute atomic E-state index is 13.5. The van der Waals surface area contributed by atoms with Crippen LogP contribution in [-0.2, 0) is 16.0 Å². The zero-order valence-corrected chi connectivity index (χ0v) is 21.2. The van der Waals surface area contributed by atoms with E-state index in [1.54, 1.807) is 36.4 Å². The molecule has 3 aromatic carbocycles. The van der Waals surface area contributed by atoms with Crippen LogP contribution in [0.5, 0.6) is 0 Å². The van der Waals surface area contributed by atoms with E-state index in [1.807, 2.05) is 49.4 Å². The molecule has 0 aromatic heterocycles. The lowest BCUT2D eigenvalue weighted by molar-refractivity contribution is -0.117. The van der Waals surface area contributed by atoms with Crippen molar-refractivity contribution in [3.63, 3.8) is 0 Å². The average Bonchev–Trinajstić information content (AvgIpc) is 3.13. The summed E-state index contributed by atoms with van der Waals surface area (Å²) < 4.78 is 0.949. The number of thioether (sulfide) groups is 1. The Hall–Kier alpha value is -3.05. The molecule has 2 amide bonds. The predicted molar refractivity (Wildman–Crippen MR) is 141 cm³/mol. The Kier molecular flexibility index (Phi) is 7.42. The summed E-state index contributed by atoms with van der Waals surface area (Å²) in [7, 11) is 0. The standard InChI is InChI=1S/C26H19BrClN3O2S/c1-16-2-10-20(11-3-16)30-24(32)22(15-29)26-31(21-12-8-19(28)9-13-21)25(33)23(34-26)14-17-4-6-18(27)7-5-17/h2-13,23H,14H2,1H3,(H,30,32). The second kappa shape index (κ2) is 10.5. The van der Waals surface area contributed by atoms with Gasteiger partial charge in [0.05, 0.1) is 5.25 Å². The fourth-order valence-corrected chi connectivity index (χ4v) is 5.18. The highest BCUT2D eigenvalue weighted by Gasteiger charge is 2.40. The Balaban J connectivity index is 1.71. The Morgan fingerprint density at radius 3 is 2.35 bits per heavy atom. The first-order chi connectivity index (χ1) is 16.4. The minimum Gasteiger partial charge on any atom is -0.321 e. The molecule has 1 heterocycles. The van der Waals surface area contributed by atoms with Gasteiger partial charge in [-0.25, -0.2) is 0 Å². The van der Waals surface area contributed by atoms with Gasteiger partial charge in [-0.3, -0.25) is 14.5 Å². The number of carbonyl (C=O) groups excluding carboxylic acids is 2. The zero-order chi connectivity index (χ0) is 24.2. The van der Waals surface area contributed by atoms with Crippen LogP contribution in [0.4, 0.5) is 11.4 Å². The lowest BCUT2D eigenvalue weighted by Gasteiger charge is -2.19. The number of aryl methyl sites for hydroxylation is 1. The Bertz CT molecular complexity index is 1300. The second-order valence-corrected chi connectivity index (χ2v) is 10.2. The number of hydrogen-bond donors (Lipinski definition) is 1. The van der Waals surface area contributed by atoms with Crippen molar-refractivity contribution in [3.8, 4) is 6.07 Å². The largest absolute Gasteiger partial charge is 0.321 e. The van der Waals surface area contributed by atoms with E-state index in [0.717, 1.165) is 15.6 Å². The number of nitrogens with zero attached hydrogens (tertiary/aromatic N) is 2. The summed E-state index contributed by atoms with van der Waals surface area (Å²) in [5.74, 6) is -0.758. The third-order valence-electron chi connectivity index (χ3n) is 5.23. The molecule has 34 heavy (non-hydrogen) atoms. The lowest BCUT2D eigenvalue weighted by Crippen LogP contribution is -2.30. The summed E-state index contributed by atoms with van der Waals surface area (Å²) in [5, 5.41) is 13.0. The number of benzene rings is 3. The molecule has 1 fully saturated rings. The number of rotatable bonds is 5. The third kappa shape index (κ3) is 5.36. The highest BCUT2D eigenvalue weighted by molar-refractivity contribution is 9.10. The van der Waals surface area contributed by atoms with Crippen LogP contribution < -0.4 is 10.2 Å². The first-order valence-electron chi connectivity index (χ1n) is 10.4. The van der Waals surface area contributed by atoms with Gasteiger partial charge in [0.1, 0.15) is 16.7 Å². The third-order valence-corrected chi connectivity index (χ3v) is 7.28. The van der Waals surface area contributed by atoms with E-state index in [0.29, 0.717) is 27.8 Å². The fraction of sp³-hybridized carbons (Fsp3) is 0.115. The van der Waals surface area contributed by atoms with E-state index in [4.69, 9.17) is 11.6 Å². The molecule has 0 spiro atoms. The molecule has 1 N–H and O–H groups in total. The van der Waals surface area contributed by atoms with Crippen LogP contribution in [0, 0.1) is 18.3 Å². The molecule has 1 unspecified atom stereocenters. The normalized spacial score (nSPS) is 16.8. The van der Waals surface area contributed by atoms with E-state index in [9.17, 15) is 14.9 Å². The minimum absolute atomic E-state index is 0.118. The van der Waals surface area contributed by atoms with E-state index >= 15 is 0 Å². The zero-order valence-electron chi connectivity index (χ0n) is 18.1. The molecule has 0 aliphatic carbocycles. The molecule has 0 saturated carbocycles. The van der Waals surface area contributed by atoms with Crippen molar-refractivity contribution in [2.45, 2.75) is 18.6 Å². The van der Waals surface area contributed by atoms with Gasteiger partial charge in [0.25, 0.3) is 5.91 Å². The SMILES string of the molecule is Cc1ccc(NC(=O)C(C#N)=C2SC(Cc3ccc(Br)cc3)C(=O)N2c2ccc(Cl)cc2)cc1. The van der Waals surface area contributed by atoms with Gasteiger partial charge in [0.15, 0.2) is 0 Å². The van der Waals surface area contributed by atoms with Gasteiger partial charge < -0.3 is 5.32 Å². The van der Waals surface area contributed by atoms with Crippen molar-refractivity contribution < 1.29 is 9.59 Å². The summed E-state index contributed by atoms with van der Waals surface area (Å²) in [5.41, 5.74) is 3.04. The van der Waals surface area contributed by atoms with Crippen LogP contribution in [0.3, 0.4) is 0 Å². The number of amides is 2. The molecular formula is C26H19BrClN3O2S. The summed E-state index contributed by atoms with van der Waals surface area (Å²) in [6.45, 7) is 1.95. The minimum atomic E-state index is -0.565. The molecule has 8 heteroatoms. The summed E-state index contributed by atoms with van der Waals surface area (Å²) in [6.07, 6.45) is 0.461. The quantitative estimate of drug-likeness (QED) is 0.291. The van der Waals surface area contributed by atoms with Gasteiger partial charge >= 0.3 is 0 Å². The first-order valence-corrected chi connectivity index (χ1v) is 12.4. The summed E-state index contributed by atoms with van der Waals surface area (Å²) >= 11 is 10.7. The molecule has 1 aliphatic heterocycles. The molecule has 1 atom stereocenters. The molecule has 0 bridgehead atoms. The van der Waals surface area contributed by atoms with Crippen molar-refractivity contribution in [1.29, 1.82) is 5.26 Å². The van der Waals surface area contributed by atoms with E-state index < -0.39 is 11.2 Å². The van der Waals surface area contributed by atoms with Gasteiger partial charge in [0, 0.05) is 20.9 Å². The Morgan fingerprint density at radius 1 is 1.09 bits per heavy atom. The van der Waals surface area contributed by atoms with Crippen LogP contribution in [0.25, 0.3) is 0 Å².